The van der Waals surface area contributed by atoms with Gasteiger partial charge in [0, 0.05) is 0 Å². The van der Waals surface area contributed by atoms with Crippen molar-refractivity contribution >= 4 is 20.4 Å². The summed E-state index contributed by atoms with van der Waals surface area (Å²) in [6.45, 7) is 0.833. The van der Waals surface area contributed by atoms with Crippen LogP contribution in [0.5, 0.6) is 0 Å². The number of nitrogens with one attached hydrogen (secondary N) is 1. The zero-order valence-electron chi connectivity index (χ0n) is 3.56. The molecule has 0 radical (unpaired) electrons. The zero-order chi connectivity index (χ0) is 6.12. The molecule has 0 heterocycles. The van der Waals surface area contributed by atoms with Gasteiger partial charge in [0.1, 0.15) is 0 Å². The van der Waals surface area contributed by atoms with Crippen LogP contribution in [0.15, 0.2) is 0 Å². The third-order valence-electron chi connectivity index (χ3n) is 0.144. The number of rotatable bonds is 1. The average molecular weight is 189 g/mol. The average Bonchev–Trinajstić information content (AvgIpc) is 1.69. The number of halogens is 2. The normalized spacial score (nSPS) is 7.43. The molecular formula is C2H7Cl2N2Ni. The van der Waals surface area contributed by atoms with Gasteiger partial charge in [0.25, 0.3) is 0 Å². The van der Waals surface area contributed by atoms with Crippen molar-refractivity contribution in [2.45, 2.75) is 0 Å². The molecule has 49 valence electrons. The number of hydrogen-bond donors (Lipinski definition) is 1. The van der Waals surface area contributed by atoms with Gasteiger partial charge in [-0.25, -0.2) is 0 Å². The summed E-state index contributed by atoms with van der Waals surface area (Å²) >= 11 is 0.569. The van der Waals surface area contributed by atoms with Gasteiger partial charge in [0.05, 0.1) is 0 Å². The molecule has 0 aromatic rings. The Balaban J connectivity index is 0. The van der Waals surface area contributed by atoms with Gasteiger partial charge in [0.15, 0.2) is 0 Å². The van der Waals surface area contributed by atoms with Crippen LogP contribution in [0, 0.1) is 0 Å². The van der Waals surface area contributed by atoms with Crippen LogP contribution >= 0.6 is 20.4 Å². The van der Waals surface area contributed by atoms with Gasteiger partial charge in [-0.3, -0.25) is 0 Å². The van der Waals surface area contributed by atoms with Crippen molar-refractivity contribution in [3.63, 3.8) is 0 Å². The van der Waals surface area contributed by atoms with E-state index < -0.39 is 0 Å². The minimum atomic E-state index is 0.347. The Morgan fingerprint density at radius 3 is 1.71 bits per heavy atom. The van der Waals surface area contributed by atoms with Gasteiger partial charge in [-0.1, -0.05) is 0 Å². The molecule has 3 N–H and O–H groups in total. The molecule has 0 spiro atoms. The summed E-state index contributed by atoms with van der Waals surface area (Å²) in [6.07, 6.45) is 0. The summed E-state index contributed by atoms with van der Waals surface area (Å²) in [7, 11) is 9.40. The first kappa shape index (κ1) is 10.9. The summed E-state index contributed by atoms with van der Waals surface area (Å²) in [4.78, 5) is 0. The minimum absolute atomic E-state index is 0.347. The number of hydrogen-bond acceptors (Lipinski definition) is 1. The van der Waals surface area contributed by atoms with Crippen LogP contribution in [-0.4, -0.2) is 13.1 Å². The summed E-state index contributed by atoms with van der Waals surface area (Å²) in [5.74, 6) is 0. The van der Waals surface area contributed by atoms with E-state index in [0.717, 1.165) is 0 Å². The largest absolute Gasteiger partial charge is 0.676 e. The Hall–Kier alpha value is 0.994. The zero-order valence-corrected chi connectivity index (χ0v) is 6.06. The van der Waals surface area contributed by atoms with Crippen molar-refractivity contribution in [2.24, 2.45) is 5.73 Å². The van der Waals surface area contributed by atoms with Crippen LogP contribution in [0.2, 0.25) is 0 Å². The Kier molecular flexibility index (Phi) is 24.5. The second-order valence-electron chi connectivity index (χ2n) is 0.584. The van der Waals surface area contributed by atoms with Crippen LogP contribution in [-0.2, 0) is 12.7 Å². The standard InChI is InChI=1S/C2H7N2.2ClH.Ni/c3-1-2-4;;;/h3H,1-2,4H2;2*1H;/q-1;;;+3/p-2. The van der Waals surface area contributed by atoms with E-state index >= 15 is 0 Å². The molecule has 2 nitrogen and oxygen atoms in total. The molecule has 0 unspecified atom stereocenters. The minimum Gasteiger partial charge on any atom is -0.676 e. The quantitative estimate of drug-likeness (QED) is 0.621. The van der Waals surface area contributed by atoms with Crippen molar-refractivity contribution < 1.29 is 12.7 Å². The first-order valence-corrected chi connectivity index (χ1v) is 4.22. The van der Waals surface area contributed by atoms with Gasteiger partial charge < -0.3 is 11.5 Å². The summed E-state index contributed by atoms with van der Waals surface area (Å²) < 4.78 is 0. The molecule has 0 aliphatic heterocycles. The fourth-order valence-electron chi connectivity index (χ4n) is 0. The molecule has 0 aliphatic carbocycles. The molecule has 0 saturated heterocycles. The third kappa shape index (κ3) is 43.9. The molecule has 0 bridgehead atoms. The molecule has 5 heteroatoms. The molecule has 0 aliphatic rings. The van der Waals surface area contributed by atoms with Crippen molar-refractivity contribution in [2.75, 3.05) is 13.1 Å². The van der Waals surface area contributed by atoms with Crippen molar-refractivity contribution in [1.82, 2.24) is 0 Å². The van der Waals surface area contributed by atoms with Gasteiger partial charge in [0.2, 0.25) is 0 Å². The van der Waals surface area contributed by atoms with Crippen LogP contribution < -0.4 is 5.73 Å². The Morgan fingerprint density at radius 1 is 1.57 bits per heavy atom. The van der Waals surface area contributed by atoms with Crippen LogP contribution in [0.3, 0.4) is 0 Å². The molecule has 0 atom stereocenters. The van der Waals surface area contributed by atoms with E-state index in [2.05, 4.69) is 0 Å². The third-order valence-corrected chi connectivity index (χ3v) is 0.144. The predicted octanol–water partition coefficient (Wildman–Crippen LogP) is 1.37. The summed E-state index contributed by atoms with van der Waals surface area (Å²) in [6, 6.07) is 0. The van der Waals surface area contributed by atoms with E-state index in [0.29, 0.717) is 25.7 Å². The maximum Gasteiger partial charge on any atom is -0.0268 e. The fraction of sp³-hybridized carbons (Fsp3) is 1.00. The van der Waals surface area contributed by atoms with Crippen LogP contribution in [0.25, 0.3) is 5.73 Å². The van der Waals surface area contributed by atoms with E-state index in [1.54, 1.807) is 0 Å². The number of nitrogens with two attached hydrogens (primary N) is 1. The van der Waals surface area contributed by atoms with E-state index in [9.17, 15) is 0 Å². The summed E-state index contributed by atoms with van der Waals surface area (Å²) in [5.41, 5.74) is 11.2. The van der Waals surface area contributed by atoms with Crippen molar-refractivity contribution in [1.29, 1.82) is 0 Å². The molecule has 0 rings (SSSR count). The van der Waals surface area contributed by atoms with Gasteiger partial charge in [-0.15, -0.1) is 6.54 Å². The molecule has 0 aromatic heterocycles. The predicted molar refractivity (Wildman–Crippen MR) is 29.9 cm³/mol. The molecular weight excluding hydrogens is 182 g/mol. The van der Waals surface area contributed by atoms with Gasteiger partial charge in [-0.05, 0) is 6.54 Å². The second-order valence-corrected chi connectivity index (χ2v) is 2.22. The van der Waals surface area contributed by atoms with E-state index in [1.807, 2.05) is 0 Å². The first-order chi connectivity index (χ1) is 3.33. The van der Waals surface area contributed by atoms with Crippen molar-refractivity contribution in [3.05, 3.63) is 5.73 Å². The van der Waals surface area contributed by atoms with Gasteiger partial charge in [-0.2, -0.15) is 0 Å². The SMILES string of the molecule is [Cl][Ni+][Cl].[NH-]CCN. The Bertz CT molecular complexity index is 21.2. The summed E-state index contributed by atoms with van der Waals surface area (Å²) in [5, 5.41) is 0. The molecule has 0 fully saturated rings. The molecule has 0 saturated carbocycles. The first-order valence-electron chi connectivity index (χ1n) is 1.50. The second kappa shape index (κ2) is 15.8. The monoisotopic (exact) mass is 187 g/mol. The Labute approximate surface area is 57.9 Å². The maximum absolute atomic E-state index is 6.33. The van der Waals surface area contributed by atoms with Crippen LogP contribution in [0.1, 0.15) is 0 Å². The van der Waals surface area contributed by atoms with Crippen LogP contribution in [0.4, 0.5) is 0 Å². The van der Waals surface area contributed by atoms with Gasteiger partial charge >= 0.3 is 33.0 Å². The van der Waals surface area contributed by atoms with Crippen molar-refractivity contribution in [3.8, 4) is 0 Å². The van der Waals surface area contributed by atoms with E-state index in [-0.39, 0.29) is 0 Å². The maximum atomic E-state index is 6.33. The molecule has 0 amide bonds. The molecule has 0 aromatic carbocycles. The smallest absolute Gasteiger partial charge is 0.0268 e. The van der Waals surface area contributed by atoms with E-state index in [1.165, 1.54) is 0 Å². The molecule has 7 heavy (non-hydrogen) atoms. The Morgan fingerprint density at radius 2 is 1.71 bits per heavy atom. The fourth-order valence-corrected chi connectivity index (χ4v) is 0. The van der Waals surface area contributed by atoms with E-state index in [4.69, 9.17) is 31.9 Å². The topological polar surface area (TPSA) is 49.8 Å².